The summed E-state index contributed by atoms with van der Waals surface area (Å²) >= 11 is 0. The topological polar surface area (TPSA) is 38.5 Å². The fourth-order valence-electron chi connectivity index (χ4n) is 3.00. The zero-order valence-electron chi connectivity index (χ0n) is 12.3. The molecule has 3 heteroatoms. The number of likely N-dealkylation sites (N-methyl/N-ethyl adjacent to an activating group) is 1. The van der Waals surface area contributed by atoms with Crippen LogP contribution in [0.2, 0.25) is 0 Å². The lowest BCUT2D eigenvalue weighted by Crippen LogP contribution is -2.43. The highest BCUT2D eigenvalue weighted by Crippen LogP contribution is 2.28. The molecular formula is C16H26N2O. The van der Waals surface area contributed by atoms with Crippen LogP contribution in [0.5, 0.6) is 5.75 Å². The number of rotatable bonds is 5. The molecule has 1 aromatic carbocycles. The van der Waals surface area contributed by atoms with Crippen LogP contribution in [-0.4, -0.2) is 31.1 Å². The van der Waals surface area contributed by atoms with Crippen molar-refractivity contribution in [2.45, 2.75) is 50.7 Å². The molecule has 0 heterocycles. The van der Waals surface area contributed by atoms with E-state index in [1.54, 1.807) is 7.11 Å². The molecule has 2 atom stereocenters. The summed E-state index contributed by atoms with van der Waals surface area (Å²) in [6.07, 6.45) is 5.35. The fourth-order valence-corrected chi connectivity index (χ4v) is 3.00. The van der Waals surface area contributed by atoms with E-state index in [0.29, 0.717) is 12.1 Å². The van der Waals surface area contributed by atoms with Crippen molar-refractivity contribution in [3.8, 4) is 5.75 Å². The summed E-state index contributed by atoms with van der Waals surface area (Å²) in [5.41, 5.74) is 7.59. The maximum Gasteiger partial charge on any atom is 0.118 e. The molecule has 0 spiro atoms. The Balaban J connectivity index is 2.02. The van der Waals surface area contributed by atoms with Crippen LogP contribution in [0.15, 0.2) is 24.3 Å². The van der Waals surface area contributed by atoms with Crippen molar-refractivity contribution >= 4 is 0 Å². The second kappa shape index (κ2) is 6.40. The van der Waals surface area contributed by atoms with Gasteiger partial charge in [-0.2, -0.15) is 0 Å². The molecule has 1 aliphatic rings. The third-order valence-electron chi connectivity index (χ3n) is 4.56. The molecule has 0 amide bonds. The van der Waals surface area contributed by atoms with Crippen molar-refractivity contribution in [1.82, 2.24) is 4.90 Å². The highest BCUT2D eigenvalue weighted by Gasteiger charge is 2.27. The molecule has 1 fully saturated rings. The monoisotopic (exact) mass is 262 g/mol. The van der Waals surface area contributed by atoms with Gasteiger partial charge in [-0.05, 0) is 44.5 Å². The minimum absolute atomic E-state index is 0.0523. The molecule has 2 N–H and O–H groups in total. The van der Waals surface area contributed by atoms with Gasteiger partial charge in [0.1, 0.15) is 5.75 Å². The summed E-state index contributed by atoms with van der Waals surface area (Å²) in [4.78, 5) is 2.46. The van der Waals surface area contributed by atoms with E-state index in [1.807, 2.05) is 12.1 Å². The van der Waals surface area contributed by atoms with E-state index in [9.17, 15) is 0 Å². The van der Waals surface area contributed by atoms with E-state index >= 15 is 0 Å². The second-order valence-electron chi connectivity index (χ2n) is 5.64. The van der Waals surface area contributed by atoms with Gasteiger partial charge in [0.2, 0.25) is 0 Å². The molecule has 3 nitrogen and oxygen atoms in total. The van der Waals surface area contributed by atoms with E-state index in [1.165, 1.54) is 31.2 Å². The highest BCUT2D eigenvalue weighted by atomic mass is 16.5. The number of hydrogen-bond acceptors (Lipinski definition) is 3. The van der Waals surface area contributed by atoms with Crippen molar-refractivity contribution in [3.63, 3.8) is 0 Å². The van der Waals surface area contributed by atoms with Gasteiger partial charge < -0.3 is 10.5 Å². The van der Waals surface area contributed by atoms with Crippen LogP contribution >= 0.6 is 0 Å². The number of methoxy groups -OCH3 is 1. The van der Waals surface area contributed by atoms with E-state index in [4.69, 9.17) is 10.5 Å². The van der Waals surface area contributed by atoms with Gasteiger partial charge in [-0.15, -0.1) is 0 Å². The van der Waals surface area contributed by atoms with E-state index < -0.39 is 0 Å². The highest BCUT2D eigenvalue weighted by molar-refractivity contribution is 5.29. The Bertz CT molecular complexity index is 384. The summed E-state index contributed by atoms with van der Waals surface area (Å²) in [7, 11) is 3.90. The predicted molar refractivity (Wildman–Crippen MR) is 79.4 cm³/mol. The Morgan fingerprint density at radius 1 is 1.21 bits per heavy atom. The van der Waals surface area contributed by atoms with Crippen LogP contribution in [0, 0.1) is 0 Å². The summed E-state index contributed by atoms with van der Waals surface area (Å²) in [5, 5.41) is 0. The molecule has 106 valence electrons. The van der Waals surface area contributed by atoms with Crippen molar-refractivity contribution < 1.29 is 4.74 Å². The molecule has 1 aliphatic carbocycles. The molecule has 1 saturated carbocycles. The largest absolute Gasteiger partial charge is 0.497 e. The van der Waals surface area contributed by atoms with Gasteiger partial charge in [0.05, 0.1) is 7.11 Å². The molecular weight excluding hydrogens is 236 g/mol. The van der Waals surface area contributed by atoms with Crippen LogP contribution < -0.4 is 10.5 Å². The predicted octanol–water partition coefficient (Wildman–Crippen LogP) is 2.96. The average molecular weight is 262 g/mol. The molecule has 0 aromatic heterocycles. The lowest BCUT2D eigenvalue weighted by atomic mass is 9.99. The Morgan fingerprint density at radius 2 is 1.79 bits per heavy atom. The number of hydrogen-bond donors (Lipinski definition) is 1. The zero-order valence-corrected chi connectivity index (χ0v) is 12.3. The van der Waals surface area contributed by atoms with Gasteiger partial charge in [-0.25, -0.2) is 0 Å². The zero-order chi connectivity index (χ0) is 13.8. The summed E-state index contributed by atoms with van der Waals surface area (Å²) < 4.78 is 5.19. The van der Waals surface area contributed by atoms with Gasteiger partial charge >= 0.3 is 0 Å². The molecule has 19 heavy (non-hydrogen) atoms. The Labute approximate surface area is 116 Å². The number of nitrogens with zero attached hydrogens (tertiary/aromatic N) is 1. The van der Waals surface area contributed by atoms with Crippen molar-refractivity contribution in [3.05, 3.63) is 29.8 Å². The van der Waals surface area contributed by atoms with E-state index in [2.05, 4.69) is 31.0 Å². The fraction of sp³-hybridized carbons (Fsp3) is 0.625. The quantitative estimate of drug-likeness (QED) is 0.886. The van der Waals surface area contributed by atoms with Gasteiger partial charge in [-0.1, -0.05) is 25.0 Å². The number of nitrogens with two attached hydrogens (primary N) is 1. The molecule has 0 saturated heterocycles. The smallest absolute Gasteiger partial charge is 0.118 e. The molecule has 0 aliphatic heterocycles. The SMILES string of the molecule is COc1ccc(C(N)C(C)N(C)C2CCCC2)cc1. The van der Waals surface area contributed by atoms with E-state index in [0.717, 1.165) is 5.75 Å². The Kier molecular flexibility index (Phi) is 4.83. The first kappa shape index (κ1) is 14.4. The third-order valence-corrected chi connectivity index (χ3v) is 4.56. The number of benzene rings is 1. The molecule has 2 unspecified atom stereocenters. The lowest BCUT2D eigenvalue weighted by Gasteiger charge is -2.34. The van der Waals surface area contributed by atoms with Crippen LogP contribution in [0.25, 0.3) is 0 Å². The lowest BCUT2D eigenvalue weighted by molar-refractivity contribution is 0.164. The standard InChI is InChI=1S/C16H26N2O/c1-12(18(2)14-6-4-5-7-14)16(17)13-8-10-15(19-3)11-9-13/h8-12,14,16H,4-7,17H2,1-3H3. The van der Waals surface area contributed by atoms with Crippen LogP contribution in [0.4, 0.5) is 0 Å². The molecule has 2 rings (SSSR count). The maximum absolute atomic E-state index is 6.42. The molecule has 1 aromatic rings. The third kappa shape index (κ3) is 3.28. The van der Waals surface area contributed by atoms with Gasteiger partial charge in [0.25, 0.3) is 0 Å². The van der Waals surface area contributed by atoms with Crippen LogP contribution in [0.1, 0.15) is 44.2 Å². The normalized spacial score (nSPS) is 19.6. The average Bonchev–Trinajstić information content (AvgIpc) is 2.99. The van der Waals surface area contributed by atoms with Crippen LogP contribution in [0.3, 0.4) is 0 Å². The number of ether oxygens (including phenoxy) is 1. The Hall–Kier alpha value is -1.06. The minimum Gasteiger partial charge on any atom is -0.497 e. The summed E-state index contributed by atoms with van der Waals surface area (Å²) in [6, 6.07) is 9.23. The van der Waals surface area contributed by atoms with Gasteiger partial charge in [-0.3, -0.25) is 4.90 Å². The van der Waals surface area contributed by atoms with Crippen molar-refractivity contribution in [2.75, 3.05) is 14.2 Å². The summed E-state index contributed by atoms with van der Waals surface area (Å²) in [6.45, 7) is 2.23. The van der Waals surface area contributed by atoms with Crippen LogP contribution in [-0.2, 0) is 0 Å². The maximum atomic E-state index is 6.42. The Morgan fingerprint density at radius 3 is 2.32 bits per heavy atom. The second-order valence-corrected chi connectivity index (χ2v) is 5.64. The summed E-state index contributed by atoms with van der Waals surface area (Å²) in [5.74, 6) is 0.882. The molecule has 0 bridgehead atoms. The first-order chi connectivity index (χ1) is 9.13. The van der Waals surface area contributed by atoms with E-state index in [-0.39, 0.29) is 6.04 Å². The van der Waals surface area contributed by atoms with Gasteiger partial charge in [0.15, 0.2) is 0 Å². The van der Waals surface area contributed by atoms with Crippen molar-refractivity contribution in [1.29, 1.82) is 0 Å². The van der Waals surface area contributed by atoms with Gasteiger partial charge in [0, 0.05) is 18.1 Å². The first-order valence-corrected chi connectivity index (χ1v) is 7.25. The molecule has 0 radical (unpaired) electrons. The van der Waals surface area contributed by atoms with Crippen molar-refractivity contribution in [2.24, 2.45) is 5.73 Å². The first-order valence-electron chi connectivity index (χ1n) is 7.25. The minimum atomic E-state index is 0.0523.